The van der Waals surface area contributed by atoms with E-state index in [0.29, 0.717) is 0 Å². The average molecular weight is 154 g/mol. The van der Waals surface area contributed by atoms with Gasteiger partial charge in [-0.3, -0.25) is 0 Å². The van der Waals surface area contributed by atoms with E-state index in [1.807, 2.05) is 0 Å². The third-order valence-electron chi connectivity index (χ3n) is 2.50. The van der Waals surface area contributed by atoms with Crippen molar-refractivity contribution >= 4 is 0 Å². The van der Waals surface area contributed by atoms with Gasteiger partial charge in [0.2, 0.25) is 0 Å². The third kappa shape index (κ3) is 3.09. The van der Waals surface area contributed by atoms with Crippen molar-refractivity contribution in [2.75, 3.05) is 0 Å². The fourth-order valence-corrected chi connectivity index (χ4v) is 1.83. The van der Waals surface area contributed by atoms with Crippen molar-refractivity contribution in [1.29, 1.82) is 0 Å². The van der Waals surface area contributed by atoms with Gasteiger partial charge < -0.3 is 0 Å². The molecule has 0 fully saturated rings. The SMILES string of the molecule is CCC(=C(C)C)C(CC)CC. The summed E-state index contributed by atoms with van der Waals surface area (Å²) in [5.41, 5.74) is 3.20. The Hall–Kier alpha value is -0.260. The maximum atomic E-state index is 2.28. The van der Waals surface area contributed by atoms with E-state index in [1.54, 1.807) is 5.57 Å². The van der Waals surface area contributed by atoms with Gasteiger partial charge in [-0.1, -0.05) is 31.9 Å². The van der Waals surface area contributed by atoms with Crippen LogP contribution < -0.4 is 0 Å². The molecule has 0 rings (SSSR count). The molecular formula is C11H22. The van der Waals surface area contributed by atoms with Crippen LogP contribution in [0, 0.1) is 5.92 Å². The second kappa shape index (κ2) is 5.40. The Bertz CT molecular complexity index is 123. The second-order valence-electron chi connectivity index (χ2n) is 3.39. The van der Waals surface area contributed by atoms with E-state index in [1.165, 1.54) is 24.8 Å². The number of rotatable bonds is 4. The Kier molecular flexibility index (Phi) is 5.27. The van der Waals surface area contributed by atoms with Gasteiger partial charge in [-0.05, 0) is 39.0 Å². The van der Waals surface area contributed by atoms with Crippen LogP contribution in [0.5, 0.6) is 0 Å². The maximum Gasteiger partial charge on any atom is -0.0206 e. The van der Waals surface area contributed by atoms with Crippen LogP contribution in [0.3, 0.4) is 0 Å². The van der Waals surface area contributed by atoms with E-state index in [0.717, 1.165) is 5.92 Å². The Morgan fingerprint density at radius 3 is 1.55 bits per heavy atom. The monoisotopic (exact) mass is 154 g/mol. The van der Waals surface area contributed by atoms with Gasteiger partial charge in [-0.25, -0.2) is 0 Å². The van der Waals surface area contributed by atoms with Gasteiger partial charge >= 0.3 is 0 Å². The summed E-state index contributed by atoms with van der Waals surface area (Å²) in [5, 5.41) is 0. The van der Waals surface area contributed by atoms with Crippen molar-refractivity contribution < 1.29 is 0 Å². The van der Waals surface area contributed by atoms with E-state index in [4.69, 9.17) is 0 Å². The Labute approximate surface area is 71.7 Å². The molecule has 0 atom stereocenters. The molecule has 0 saturated carbocycles. The molecule has 0 aliphatic heterocycles. The largest absolute Gasteiger partial charge is 0.0770 e. The molecule has 0 saturated heterocycles. The fraction of sp³-hybridized carbons (Fsp3) is 0.818. The van der Waals surface area contributed by atoms with Crippen LogP contribution >= 0.6 is 0 Å². The van der Waals surface area contributed by atoms with Gasteiger partial charge in [0.25, 0.3) is 0 Å². The highest BCUT2D eigenvalue weighted by atomic mass is 14.1. The molecular weight excluding hydrogens is 132 g/mol. The van der Waals surface area contributed by atoms with Gasteiger partial charge in [0.05, 0.1) is 0 Å². The van der Waals surface area contributed by atoms with Crippen molar-refractivity contribution in [2.45, 2.75) is 53.9 Å². The van der Waals surface area contributed by atoms with Crippen LogP contribution in [-0.2, 0) is 0 Å². The summed E-state index contributed by atoms with van der Waals surface area (Å²) in [5.74, 6) is 0.838. The van der Waals surface area contributed by atoms with Crippen LogP contribution in [0.4, 0.5) is 0 Å². The van der Waals surface area contributed by atoms with Gasteiger partial charge in [0.1, 0.15) is 0 Å². The quantitative estimate of drug-likeness (QED) is 0.533. The summed E-state index contributed by atoms with van der Waals surface area (Å²) in [6.45, 7) is 11.3. The summed E-state index contributed by atoms with van der Waals surface area (Å²) < 4.78 is 0. The molecule has 0 aliphatic carbocycles. The van der Waals surface area contributed by atoms with Crippen molar-refractivity contribution in [1.82, 2.24) is 0 Å². The molecule has 0 N–H and O–H groups in total. The van der Waals surface area contributed by atoms with Gasteiger partial charge in [0, 0.05) is 0 Å². The molecule has 0 bridgehead atoms. The topological polar surface area (TPSA) is 0 Å². The first-order valence-corrected chi connectivity index (χ1v) is 4.83. The first kappa shape index (κ1) is 10.7. The molecule has 0 amide bonds. The average Bonchev–Trinajstić information content (AvgIpc) is 1.99. The Morgan fingerprint density at radius 1 is 1.00 bits per heavy atom. The van der Waals surface area contributed by atoms with E-state index < -0.39 is 0 Å². The lowest BCUT2D eigenvalue weighted by Gasteiger charge is -2.17. The highest BCUT2D eigenvalue weighted by molar-refractivity contribution is 5.12. The molecule has 0 radical (unpaired) electrons. The molecule has 0 aromatic carbocycles. The molecule has 11 heavy (non-hydrogen) atoms. The van der Waals surface area contributed by atoms with Gasteiger partial charge in [-0.15, -0.1) is 0 Å². The minimum atomic E-state index is 0.838. The molecule has 0 nitrogen and oxygen atoms in total. The first-order valence-electron chi connectivity index (χ1n) is 4.83. The summed E-state index contributed by atoms with van der Waals surface area (Å²) in [4.78, 5) is 0. The lowest BCUT2D eigenvalue weighted by atomic mass is 9.89. The highest BCUT2D eigenvalue weighted by Crippen LogP contribution is 2.24. The van der Waals surface area contributed by atoms with Crippen LogP contribution in [0.15, 0.2) is 11.1 Å². The van der Waals surface area contributed by atoms with Crippen molar-refractivity contribution in [3.05, 3.63) is 11.1 Å². The van der Waals surface area contributed by atoms with E-state index in [2.05, 4.69) is 34.6 Å². The minimum absolute atomic E-state index is 0.838. The van der Waals surface area contributed by atoms with E-state index in [-0.39, 0.29) is 0 Å². The third-order valence-corrected chi connectivity index (χ3v) is 2.50. The highest BCUT2D eigenvalue weighted by Gasteiger charge is 2.08. The van der Waals surface area contributed by atoms with Gasteiger partial charge in [-0.2, -0.15) is 0 Å². The van der Waals surface area contributed by atoms with Crippen LogP contribution in [0.2, 0.25) is 0 Å². The lowest BCUT2D eigenvalue weighted by molar-refractivity contribution is 0.550. The predicted octanol–water partition coefficient (Wildman–Crippen LogP) is 4.17. The summed E-state index contributed by atoms with van der Waals surface area (Å²) in [6.07, 6.45) is 3.82. The molecule has 0 heteroatoms. The molecule has 0 heterocycles. The predicted molar refractivity (Wildman–Crippen MR) is 52.7 cm³/mol. The Balaban J connectivity index is 4.35. The van der Waals surface area contributed by atoms with Gasteiger partial charge in [0.15, 0.2) is 0 Å². The molecule has 0 aromatic heterocycles. The van der Waals surface area contributed by atoms with Crippen molar-refractivity contribution in [3.8, 4) is 0 Å². The fourth-order valence-electron chi connectivity index (χ4n) is 1.83. The zero-order chi connectivity index (χ0) is 8.85. The Morgan fingerprint density at radius 2 is 1.45 bits per heavy atom. The van der Waals surface area contributed by atoms with E-state index >= 15 is 0 Å². The second-order valence-corrected chi connectivity index (χ2v) is 3.39. The summed E-state index contributed by atoms with van der Waals surface area (Å²) >= 11 is 0. The maximum absolute atomic E-state index is 2.28. The standard InChI is InChI=1S/C11H22/c1-6-10(7-2)11(8-3)9(4)5/h10H,6-8H2,1-5H3. The van der Waals surface area contributed by atoms with E-state index in [9.17, 15) is 0 Å². The smallest absolute Gasteiger partial charge is 0.0206 e. The van der Waals surface area contributed by atoms with Crippen LogP contribution in [0.25, 0.3) is 0 Å². The molecule has 0 aromatic rings. The van der Waals surface area contributed by atoms with Crippen molar-refractivity contribution in [3.63, 3.8) is 0 Å². The summed E-state index contributed by atoms with van der Waals surface area (Å²) in [6, 6.07) is 0. The molecule has 0 spiro atoms. The van der Waals surface area contributed by atoms with Crippen LogP contribution in [0.1, 0.15) is 53.9 Å². The normalized spacial score (nSPS) is 10.4. The minimum Gasteiger partial charge on any atom is -0.0770 e. The number of allylic oxidation sites excluding steroid dienone is 2. The summed E-state index contributed by atoms with van der Waals surface area (Å²) in [7, 11) is 0. The number of hydrogen-bond acceptors (Lipinski definition) is 0. The zero-order valence-electron chi connectivity index (χ0n) is 8.70. The first-order chi connectivity index (χ1) is 5.17. The van der Waals surface area contributed by atoms with Crippen molar-refractivity contribution in [2.24, 2.45) is 5.92 Å². The van der Waals surface area contributed by atoms with Crippen LogP contribution in [-0.4, -0.2) is 0 Å². The lowest BCUT2D eigenvalue weighted by Crippen LogP contribution is -2.02. The zero-order valence-corrected chi connectivity index (χ0v) is 8.70. The molecule has 0 unspecified atom stereocenters. The number of hydrogen-bond donors (Lipinski definition) is 0. The molecule has 0 aliphatic rings. The molecule has 66 valence electrons.